The number of fused-ring (bicyclic) bond motifs is 1. The molecule has 3 aromatic rings. The monoisotopic (exact) mass is 704 g/mol. The van der Waals surface area contributed by atoms with Gasteiger partial charge in [-0.3, -0.25) is 9.59 Å². The van der Waals surface area contributed by atoms with Crippen LogP contribution < -0.4 is 14.9 Å². The van der Waals surface area contributed by atoms with Crippen LogP contribution in [0.15, 0.2) is 51.2 Å². The van der Waals surface area contributed by atoms with E-state index in [1.165, 1.54) is 31.2 Å². The Bertz CT molecular complexity index is 1780. The molecule has 16 nitrogen and oxygen atoms in total. The minimum Gasteiger partial charge on any atom is -0.508 e. The standard InChI is InChI=1S/C34H40O16/c1-13(2)5-10-18-20(47-34-27(43)25(41)23(39)21(12-35)48-34)11-19(38)22-24(40)32(30(49-31(18)22)16-6-8-17(37)9-7-16)50-33-28(44)26(42)29(14(3)45-33)46-15(4)36/h5-9,11,14,21,23,25-29,33-35,37-39,41-44H,10,12H2,1-4H3/t14-,21+,23+,25-,26-,27+,28+,29-,33-,34+/m0/s1. The highest BCUT2D eigenvalue weighted by Crippen LogP contribution is 2.41. The van der Waals surface area contributed by atoms with E-state index in [0.29, 0.717) is 0 Å². The van der Waals surface area contributed by atoms with Crippen molar-refractivity contribution in [2.75, 3.05) is 6.61 Å². The van der Waals surface area contributed by atoms with Gasteiger partial charge in [-0.1, -0.05) is 11.6 Å². The summed E-state index contributed by atoms with van der Waals surface area (Å²) < 4.78 is 34.4. The summed E-state index contributed by atoms with van der Waals surface area (Å²) in [6.07, 6.45) is -13.8. The quantitative estimate of drug-likeness (QED) is 0.110. The van der Waals surface area contributed by atoms with E-state index in [-0.39, 0.29) is 40.4 Å². The Morgan fingerprint density at radius 3 is 2.14 bits per heavy atom. The topological polar surface area (TPSA) is 255 Å². The molecule has 272 valence electrons. The third kappa shape index (κ3) is 7.28. The van der Waals surface area contributed by atoms with Crippen molar-refractivity contribution < 1.29 is 73.7 Å². The molecule has 10 atom stereocenters. The number of carbonyl (C=O) groups is 1. The van der Waals surface area contributed by atoms with Crippen LogP contribution in [0.5, 0.6) is 23.0 Å². The third-order valence-electron chi connectivity index (χ3n) is 8.41. The minimum atomic E-state index is -1.82. The predicted octanol–water partition coefficient (Wildman–Crippen LogP) is 0.336. The number of aromatic hydroxyl groups is 2. The van der Waals surface area contributed by atoms with Crippen LogP contribution in [-0.2, 0) is 25.4 Å². The lowest BCUT2D eigenvalue weighted by atomic mass is 9.99. The molecule has 2 aliphatic rings. The number of esters is 1. The number of carbonyl (C=O) groups excluding carboxylic acids is 1. The molecule has 1 aromatic heterocycles. The van der Waals surface area contributed by atoms with E-state index in [2.05, 4.69) is 0 Å². The van der Waals surface area contributed by atoms with Crippen LogP contribution in [0, 0.1) is 0 Å². The molecule has 2 aliphatic heterocycles. The smallest absolute Gasteiger partial charge is 0.303 e. The summed E-state index contributed by atoms with van der Waals surface area (Å²) in [5.41, 5.74) is 0.0677. The number of hydrogen-bond donors (Lipinski definition) is 8. The Balaban J connectivity index is 1.68. The molecular weight excluding hydrogens is 664 g/mol. The highest BCUT2D eigenvalue weighted by atomic mass is 16.7. The maximum atomic E-state index is 14.3. The third-order valence-corrected chi connectivity index (χ3v) is 8.41. The number of ether oxygens (including phenoxy) is 5. The van der Waals surface area contributed by atoms with Gasteiger partial charge in [0, 0.05) is 24.1 Å². The van der Waals surface area contributed by atoms with E-state index < -0.39 is 96.3 Å². The largest absolute Gasteiger partial charge is 0.508 e. The van der Waals surface area contributed by atoms with Gasteiger partial charge < -0.3 is 69.0 Å². The lowest BCUT2D eigenvalue weighted by molar-refractivity contribution is -0.277. The average Bonchev–Trinajstić information content (AvgIpc) is 3.06. The number of benzene rings is 2. The van der Waals surface area contributed by atoms with Crippen LogP contribution in [0.3, 0.4) is 0 Å². The molecule has 0 bridgehead atoms. The van der Waals surface area contributed by atoms with Crippen molar-refractivity contribution in [2.24, 2.45) is 0 Å². The maximum absolute atomic E-state index is 14.3. The first-order valence-corrected chi connectivity index (χ1v) is 15.7. The van der Waals surface area contributed by atoms with Crippen LogP contribution >= 0.6 is 0 Å². The molecule has 5 rings (SSSR count). The van der Waals surface area contributed by atoms with Crippen molar-refractivity contribution >= 4 is 16.9 Å². The predicted molar refractivity (Wildman–Crippen MR) is 171 cm³/mol. The van der Waals surface area contributed by atoms with E-state index in [1.54, 1.807) is 6.08 Å². The molecule has 2 fully saturated rings. The molecule has 2 aromatic carbocycles. The molecule has 8 N–H and O–H groups in total. The van der Waals surface area contributed by atoms with Gasteiger partial charge in [0.1, 0.15) is 64.8 Å². The first-order valence-electron chi connectivity index (χ1n) is 15.7. The zero-order valence-electron chi connectivity index (χ0n) is 27.5. The Labute approximate surface area is 284 Å². The minimum absolute atomic E-state index is 0.0374. The fourth-order valence-corrected chi connectivity index (χ4v) is 5.74. The second-order valence-electron chi connectivity index (χ2n) is 12.4. The summed E-state index contributed by atoms with van der Waals surface area (Å²) in [5.74, 6) is -2.46. The van der Waals surface area contributed by atoms with E-state index in [0.717, 1.165) is 18.6 Å². The number of rotatable bonds is 9. The van der Waals surface area contributed by atoms with Crippen LogP contribution in [0.4, 0.5) is 0 Å². The molecule has 3 heterocycles. The maximum Gasteiger partial charge on any atom is 0.303 e. The first kappa shape index (κ1) is 37.0. The van der Waals surface area contributed by atoms with Crippen molar-refractivity contribution in [1.82, 2.24) is 0 Å². The Morgan fingerprint density at radius 2 is 1.52 bits per heavy atom. The molecule has 0 aliphatic carbocycles. The van der Waals surface area contributed by atoms with Crippen LogP contribution in [0.2, 0.25) is 0 Å². The van der Waals surface area contributed by atoms with Gasteiger partial charge in [-0.25, -0.2) is 0 Å². The molecule has 0 unspecified atom stereocenters. The summed E-state index contributed by atoms with van der Waals surface area (Å²) in [6.45, 7) is 5.48. The summed E-state index contributed by atoms with van der Waals surface area (Å²) in [5, 5.41) is 83.3. The van der Waals surface area contributed by atoms with Gasteiger partial charge in [0.05, 0.1) is 12.7 Å². The van der Waals surface area contributed by atoms with Gasteiger partial charge in [0.2, 0.25) is 23.8 Å². The second-order valence-corrected chi connectivity index (χ2v) is 12.4. The van der Waals surface area contributed by atoms with Gasteiger partial charge in [0.25, 0.3) is 0 Å². The number of phenolic OH excluding ortho intramolecular Hbond substituents is 2. The van der Waals surface area contributed by atoms with Crippen LogP contribution in [-0.4, -0.2) is 115 Å². The number of aliphatic hydroxyl groups is 6. The summed E-state index contributed by atoms with van der Waals surface area (Å²) in [4.78, 5) is 25.9. The van der Waals surface area contributed by atoms with Crippen molar-refractivity contribution in [3.63, 3.8) is 0 Å². The fourth-order valence-electron chi connectivity index (χ4n) is 5.74. The highest BCUT2D eigenvalue weighted by molar-refractivity contribution is 5.91. The molecule has 50 heavy (non-hydrogen) atoms. The van der Waals surface area contributed by atoms with Gasteiger partial charge in [-0.15, -0.1) is 0 Å². The molecule has 0 amide bonds. The van der Waals surface area contributed by atoms with E-state index in [4.69, 9.17) is 28.1 Å². The van der Waals surface area contributed by atoms with Crippen molar-refractivity contribution in [1.29, 1.82) is 0 Å². The molecule has 2 saturated heterocycles. The zero-order valence-corrected chi connectivity index (χ0v) is 27.5. The average molecular weight is 705 g/mol. The zero-order chi connectivity index (χ0) is 36.6. The lowest BCUT2D eigenvalue weighted by Crippen LogP contribution is -2.60. The number of hydrogen-bond acceptors (Lipinski definition) is 16. The molecular formula is C34H40O16. The van der Waals surface area contributed by atoms with Crippen molar-refractivity contribution in [3.8, 4) is 34.3 Å². The van der Waals surface area contributed by atoms with Crippen LogP contribution in [0.1, 0.15) is 33.3 Å². The Kier molecular flexibility index (Phi) is 11.0. The summed E-state index contributed by atoms with van der Waals surface area (Å²) >= 11 is 0. The molecule has 0 spiro atoms. The normalized spacial score (nSPS) is 29.7. The summed E-state index contributed by atoms with van der Waals surface area (Å²) in [6, 6.07) is 6.49. The number of aliphatic hydroxyl groups excluding tert-OH is 6. The Hall–Kier alpha value is -4.26. The van der Waals surface area contributed by atoms with Crippen molar-refractivity contribution in [3.05, 3.63) is 57.8 Å². The van der Waals surface area contributed by atoms with Gasteiger partial charge >= 0.3 is 5.97 Å². The van der Waals surface area contributed by atoms with Crippen molar-refractivity contribution in [2.45, 2.75) is 95.5 Å². The Morgan fingerprint density at radius 1 is 0.880 bits per heavy atom. The molecule has 16 heteroatoms. The van der Waals surface area contributed by atoms with E-state index >= 15 is 0 Å². The first-order chi connectivity index (χ1) is 23.6. The van der Waals surface area contributed by atoms with E-state index in [9.17, 15) is 50.4 Å². The van der Waals surface area contributed by atoms with Crippen LogP contribution in [0.25, 0.3) is 22.3 Å². The highest BCUT2D eigenvalue weighted by Gasteiger charge is 2.47. The SMILES string of the molecule is CC(=O)O[C@@H]1[C@@H](O)[C@@H](O)[C@H](Oc2c(-c3ccc(O)cc3)oc3c(CC=C(C)C)c(O[C@@H]4O[C@H](CO)[C@@H](O)[C@H](O)[C@H]4O)cc(O)c3c2=O)O[C@H]1C. The van der Waals surface area contributed by atoms with Gasteiger partial charge in [0.15, 0.2) is 11.9 Å². The second kappa shape index (κ2) is 14.9. The molecule has 0 radical (unpaired) electrons. The number of phenols is 2. The van der Waals surface area contributed by atoms with Gasteiger partial charge in [-0.05, 0) is 51.5 Å². The van der Waals surface area contributed by atoms with Gasteiger partial charge in [-0.2, -0.15) is 0 Å². The van der Waals surface area contributed by atoms with E-state index in [1.807, 2.05) is 13.8 Å². The fraction of sp³-hybridized carbons (Fsp3) is 0.471. The summed E-state index contributed by atoms with van der Waals surface area (Å²) in [7, 11) is 0. The molecule has 0 saturated carbocycles. The lowest BCUT2D eigenvalue weighted by Gasteiger charge is -2.40. The number of allylic oxidation sites excluding steroid dienone is 2.